The van der Waals surface area contributed by atoms with Crippen molar-refractivity contribution in [2.75, 3.05) is 45.3 Å². The number of aliphatic hydroxyl groups excluding tert-OH is 1. The van der Waals surface area contributed by atoms with Crippen LogP contribution in [-0.2, 0) is 14.4 Å². The highest BCUT2D eigenvalue weighted by molar-refractivity contribution is 8.02. The number of carbonyl (C=O) groups is 3. The van der Waals surface area contributed by atoms with E-state index in [1.807, 2.05) is 12.1 Å². The van der Waals surface area contributed by atoms with Gasteiger partial charge in [0.2, 0.25) is 11.8 Å². The highest BCUT2D eigenvalue weighted by Crippen LogP contribution is 2.68. The number of anilines is 1. The zero-order valence-corrected chi connectivity index (χ0v) is 23.4. The van der Waals surface area contributed by atoms with Gasteiger partial charge in [0.15, 0.2) is 0 Å². The molecule has 0 radical (unpaired) electrons. The molecule has 1 aromatic rings. The summed E-state index contributed by atoms with van der Waals surface area (Å²) in [6, 6.07) is 6.57. The van der Waals surface area contributed by atoms with Crippen LogP contribution >= 0.6 is 11.8 Å². The Morgan fingerprint density at radius 1 is 1.18 bits per heavy atom. The largest absolute Gasteiger partial charge is 0.497 e. The van der Waals surface area contributed by atoms with Crippen molar-refractivity contribution in [1.29, 1.82) is 0 Å². The highest BCUT2D eigenvalue weighted by Gasteiger charge is 2.76. The van der Waals surface area contributed by atoms with Gasteiger partial charge in [-0.25, -0.2) is 0 Å². The predicted octanol–water partition coefficient (Wildman–Crippen LogP) is 2.97. The standard InChI is InChI=1S/C29H39N3O5S/c1-6-14-30(4)26(34)23-22-18-19(3)29(38-22)24(23)27(35)32(16-8-9-17-33)25(29)28(36)31(15-7-2)20-10-12-21(37-5)13-11-20/h6-7,10-13,19,22-25,33H,1-2,8-9,14-18H2,3-5H3/t19?,22-,23+,24+,25?,29?/m1/s1. The van der Waals surface area contributed by atoms with Crippen LogP contribution in [-0.4, -0.2) is 89.1 Å². The molecule has 1 aromatic carbocycles. The molecule has 38 heavy (non-hydrogen) atoms. The smallest absolute Gasteiger partial charge is 0.251 e. The van der Waals surface area contributed by atoms with E-state index in [0.29, 0.717) is 37.4 Å². The number of hydrogen-bond donors (Lipinski definition) is 1. The monoisotopic (exact) mass is 541 g/mol. The first-order chi connectivity index (χ1) is 18.3. The number of benzene rings is 1. The Balaban J connectivity index is 1.77. The van der Waals surface area contributed by atoms with Crippen LogP contribution in [0.25, 0.3) is 0 Å². The molecule has 3 fully saturated rings. The average Bonchev–Trinajstić information content (AvgIpc) is 3.50. The minimum Gasteiger partial charge on any atom is -0.497 e. The Kier molecular flexibility index (Phi) is 8.57. The second-order valence-electron chi connectivity index (χ2n) is 10.5. The molecule has 3 aliphatic rings. The van der Waals surface area contributed by atoms with Crippen LogP contribution in [0.3, 0.4) is 0 Å². The number of methoxy groups -OCH3 is 1. The maximum Gasteiger partial charge on any atom is 0.251 e. The number of hydrogen-bond acceptors (Lipinski definition) is 6. The van der Waals surface area contributed by atoms with Crippen molar-refractivity contribution < 1.29 is 24.2 Å². The van der Waals surface area contributed by atoms with Crippen molar-refractivity contribution in [2.45, 2.75) is 42.2 Å². The lowest BCUT2D eigenvalue weighted by Crippen LogP contribution is -2.57. The molecule has 4 rings (SSSR count). The summed E-state index contributed by atoms with van der Waals surface area (Å²) in [6.45, 7) is 10.8. The molecule has 0 saturated carbocycles. The first kappa shape index (κ1) is 28.2. The van der Waals surface area contributed by atoms with Gasteiger partial charge in [-0.1, -0.05) is 19.1 Å². The lowest BCUT2D eigenvalue weighted by Gasteiger charge is -2.41. The minimum atomic E-state index is -0.715. The van der Waals surface area contributed by atoms with Crippen LogP contribution in [0.4, 0.5) is 5.69 Å². The maximum atomic E-state index is 14.5. The maximum absolute atomic E-state index is 14.5. The van der Waals surface area contributed by atoms with Gasteiger partial charge >= 0.3 is 0 Å². The van der Waals surface area contributed by atoms with Crippen molar-refractivity contribution >= 4 is 35.2 Å². The zero-order valence-electron chi connectivity index (χ0n) is 22.5. The van der Waals surface area contributed by atoms with E-state index >= 15 is 0 Å². The molecule has 206 valence electrons. The Hall–Kier alpha value is -2.78. The van der Waals surface area contributed by atoms with Crippen molar-refractivity contribution in [3.63, 3.8) is 0 Å². The van der Waals surface area contributed by atoms with Gasteiger partial charge in [-0.3, -0.25) is 14.4 Å². The number of nitrogens with zero attached hydrogens (tertiary/aromatic N) is 3. The molecular formula is C29H39N3O5S. The predicted molar refractivity (Wildman–Crippen MR) is 150 cm³/mol. The van der Waals surface area contributed by atoms with E-state index < -0.39 is 22.6 Å². The Morgan fingerprint density at radius 2 is 1.87 bits per heavy atom. The molecule has 8 nitrogen and oxygen atoms in total. The van der Waals surface area contributed by atoms with Crippen LogP contribution in [0.2, 0.25) is 0 Å². The number of aliphatic hydroxyl groups is 1. The van der Waals surface area contributed by atoms with Crippen molar-refractivity contribution in [1.82, 2.24) is 9.80 Å². The normalized spacial score (nSPS) is 29.2. The van der Waals surface area contributed by atoms with E-state index in [9.17, 15) is 19.5 Å². The number of rotatable bonds is 12. The summed E-state index contributed by atoms with van der Waals surface area (Å²) >= 11 is 1.67. The lowest BCUT2D eigenvalue weighted by atomic mass is 9.65. The number of ether oxygens (including phenoxy) is 1. The number of amides is 3. The van der Waals surface area contributed by atoms with E-state index in [4.69, 9.17) is 4.74 Å². The van der Waals surface area contributed by atoms with E-state index in [2.05, 4.69) is 20.1 Å². The number of likely N-dealkylation sites (tertiary alicyclic amines) is 1. The second-order valence-corrected chi connectivity index (χ2v) is 12.0. The van der Waals surface area contributed by atoms with Crippen LogP contribution in [0.15, 0.2) is 49.6 Å². The molecule has 1 N–H and O–H groups in total. The number of unbranched alkanes of at least 4 members (excludes halogenated alkanes) is 1. The molecule has 0 aromatic heterocycles. The van der Waals surface area contributed by atoms with Gasteiger partial charge in [-0.2, -0.15) is 0 Å². The highest BCUT2D eigenvalue weighted by atomic mass is 32.2. The molecule has 3 amide bonds. The number of thioether (sulfide) groups is 1. The van der Waals surface area contributed by atoms with Gasteiger partial charge in [0.1, 0.15) is 11.8 Å². The Morgan fingerprint density at radius 3 is 2.47 bits per heavy atom. The Labute approximate surface area is 229 Å². The van der Waals surface area contributed by atoms with Gasteiger partial charge in [0, 0.05) is 44.2 Å². The summed E-state index contributed by atoms with van der Waals surface area (Å²) in [4.78, 5) is 47.4. The number of likely N-dealkylation sites (N-methyl/N-ethyl adjacent to an activating group) is 1. The second kappa shape index (κ2) is 11.5. The molecular weight excluding hydrogens is 502 g/mol. The first-order valence-electron chi connectivity index (χ1n) is 13.3. The van der Waals surface area contributed by atoms with Crippen LogP contribution < -0.4 is 9.64 Å². The quantitative estimate of drug-likeness (QED) is 0.323. The van der Waals surface area contributed by atoms with Crippen molar-refractivity contribution in [3.05, 3.63) is 49.6 Å². The van der Waals surface area contributed by atoms with E-state index in [1.165, 1.54) is 0 Å². The Bertz CT molecular complexity index is 1080. The fourth-order valence-corrected chi connectivity index (χ4v) is 9.02. The van der Waals surface area contributed by atoms with Gasteiger partial charge in [-0.15, -0.1) is 24.9 Å². The molecule has 9 heteroatoms. The summed E-state index contributed by atoms with van der Waals surface area (Å²) in [7, 11) is 3.34. The van der Waals surface area contributed by atoms with Gasteiger partial charge in [-0.05, 0) is 49.4 Å². The molecule has 6 atom stereocenters. The molecule has 0 aliphatic carbocycles. The fourth-order valence-electron chi connectivity index (χ4n) is 6.61. The van der Waals surface area contributed by atoms with Gasteiger partial charge in [0.05, 0.1) is 23.7 Å². The molecule has 2 bridgehead atoms. The number of fused-ring (bicyclic) bond motifs is 1. The van der Waals surface area contributed by atoms with Crippen LogP contribution in [0, 0.1) is 17.8 Å². The van der Waals surface area contributed by atoms with E-state index in [1.54, 1.807) is 64.9 Å². The molecule has 1 spiro atoms. The van der Waals surface area contributed by atoms with Crippen molar-refractivity contribution in [2.24, 2.45) is 17.8 Å². The third-order valence-corrected chi connectivity index (χ3v) is 10.4. The minimum absolute atomic E-state index is 0.0116. The van der Waals surface area contributed by atoms with E-state index in [0.717, 1.165) is 6.42 Å². The summed E-state index contributed by atoms with van der Waals surface area (Å²) in [5, 5.41) is 9.39. The summed E-state index contributed by atoms with van der Waals surface area (Å²) in [6.07, 6.45) is 5.26. The zero-order chi connectivity index (χ0) is 27.6. The molecule has 3 saturated heterocycles. The van der Waals surface area contributed by atoms with Gasteiger partial charge < -0.3 is 24.5 Å². The summed E-state index contributed by atoms with van der Waals surface area (Å²) in [5.74, 6) is -0.617. The first-order valence-corrected chi connectivity index (χ1v) is 14.2. The SMILES string of the molecule is C=CCN(C)C(=O)[C@@H]1[C@H]2C(=O)N(CCCCO)C(C(=O)N(CC=C)c3ccc(OC)cc3)C23S[C@@H]1CC3C. The van der Waals surface area contributed by atoms with E-state index in [-0.39, 0.29) is 42.0 Å². The number of carbonyl (C=O) groups excluding carboxylic acids is 3. The summed E-state index contributed by atoms with van der Waals surface area (Å²) in [5.41, 5.74) is 0.696. The van der Waals surface area contributed by atoms with Crippen LogP contribution in [0.5, 0.6) is 5.75 Å². The molecule has 3 aliphatic heterocycles. The van der Waals surface area contributed by atoms with Crippen LogP contribution in [0.1, 0.15) is 26.2 Å². The average molecular weight is 542 g/mol. The third kappa shape index (κ3) is 4.53. The third-order valence-electron chi connectivity index (χ3n) is 8.31. The molecule has 3 heterocycles. The fraction of sp³-hybridized carbons (Fsp3) is 0.552. The molecule has 3 unspecified atom stereocenters. The van der Waals surface area contributed by atoms with Crippen molar-refractivity contribution in [3.8, 4) is 5.75 Å². The lowest BCUT2D eigenvalue weighted by molar-refractivity contribution is -0.143. The topological polar surface area (TPSA) is 90.4 Å². The summed E-state index contributed by atoms with van der Waals surface area (Å²) < 4.78 is 4.60. The van der Waals surface area contributed by atoms with Gasteiger partial charge in [0.25, 0.3) is 5.91 Å².